The molecule has 1 aromatic heterocycles. The third-order valence-electron chi connectivity index (χ3n) is 2.52. The van der Waals surface area contributed by atoms with Gasteiger partial charge in [-0.3, -0.25) is 9.78 Å². The predicted molar refractivity (Wildman–Crippen MR) is 78.5 cm³/mol. The van der Waals surface area contributed by atoms with E-state index in [2.05, 4.69) is 15.6 Å². The Morgan fingerprint density at radius 1 is 1.32 bits per heavy atom. The SMILES string of the molecule is CC(C)NC(=O)c1ccc(NCc2cncs2)cc1. The van der Waals surface area contributed by atoms with Crippen molar-refractivity contribution in [3.8, 4) is 0 Å². The number of benzene rings is 1. The molecule has 0 aliphatic rings. The molecular formula is C14H17N3OS. The summed E-state index contributed by atoms with van der Waals surface area (Å²) in [6, 6.07) is 7.63. The molecule has 4 nitrogen and oxygen atoms in total. The van der Waals surface area contributed by atoms with Gasteiger partial charge in [0.05, 0.1) is 12.1 Å². The molecule has 0 unspecified atom stereocenters. The summed E-state index contributed by atoms with van der Waals surface area (Å²) >= 11 is 1.62. The summed E-state index contributed by atoms with van der Waals surface area (Å²) in [6.07, 6.45) is 1.85. The van der Waals surface area contributed by atoms with Gasteiger partial charge in [-0.15, -0.1) is 11.3 Å². The van der Waals surface area contributed by atoms with Crippen molar-refractivity contribution in [1.82, 2.24) is 10.3 Å². The van der Waals surface area contributed by atoms with Crippen LogP contribution in [-0.2, 0) is 6.54 Å². The van der Waals surface area contributed by atoms with Gasteiger partial charge >= 0.3 is 0 Å². The van der Waals surface area contributed by atoms with Gasteiger partial charge in [0.1, 0.15) is 0 Å². The molecule has 5 heteroatoms. The van der Waals surface area contributed by atoms with Crippen LogP contribution in [0.4, 0.5) is 5.69 Å². The molecule has 0 atom stereocenters. The standard InChI is InChI=1S/C14H17N3OS/c1-10(2)17-14(18)11-3-5-12(6-4-11)16-8-13-7-15-9-19-13/h3-7,9-10,16H,8H2,1-2H3,(H,17,18). The third kappa shape index (κ3) is 4.06. The van der Waals surface area contributed by atoms with E-state index in [0.717, 1.165) is 12.2 Å². The number of amides is 1. The Bertz CT molecular complexity index is 520. The first-order chi connectivity index (χ1) is 9.15. The highest BCUT2D eigenvalue weighted by molar-refractivity contribution is 7.09. The first kappa shape index (κ1) is 13.5. The molecular weight excluding hydrogens is 258 g/mol. The van der Waals surface area contributed by atoms with Crippen LogP contribution in [0.3, 0.4) is 0 Å². The minimum absolute atomic E-state index is 0.0380. The van der Waals surface area contributed by atoms with Crippen molar-refractivity contribution in [2.45, 2.75) is 26.4 Å². The van der Waals surface area contributed by atoms with E-state index in [9.17, 15) is 4.79 Å². The Hall–Kier alpha value is -1.88. The molecule has 2 rings (SSSR count). The molecule has 19 heavy (non-hydrogen) atoms. The van der Waals surface area contributed by atoms with Gasteiger partial charge in [0.15, 0.2) is 0 Å². The molecule has 1 aromatic carbocycles. The van der Waals surface area contributed by atoms with Crippen molar-refractivity contribution in [1.29, 1.82) is 0 Å². The summed E-state index contributed by atoms with van der Waals surface area (Å²) in [5.41, 5.74) is 3.49. The molecule has 0 saturated heterocycles. The fourth-order valence-corrected chi connectivity index (χ4v) is 2.14. The molecule has 0 aliphatic carbocycles. The highest BCUT2D eigenvalue weighted by Crippen LogP contribution is 2.13. The van der Waals surface area contributed by atoms with Crippen LogP contribution in [0, 0.1) is 0 Å². The molecule has 1 amide bonds. The number of hydrogen-bond acceptors (Lipinski definition) is 4. The second-order valence-electron chi connectivity index (χ2n) is 4.53. The number of carbonyl (C=O) groups excluding carboxylic acids is 1. The molecule has 0 spiro atoms. The summed E-state index contributed by atoms with van der Waals surface area (Å²) < 4.78 is 0. The van der Waals surface area contributed by atoms with E-state index < -0.39 is 0 Å². The van der Waals surface area contributed by atoms with Gasteiger partial charge in [0.25, 0.3) is 5.91 Å². The van der Waals surface area contributed by atoms with E-state index in [1.54, 1.807) is 11.3 Å². The van der Waals surface area contributed by atoms with Gasteiger partial charge in [0, 0.05) is 28.4 Å². The van der Waals surface area contributed by atoms with Gasteiger partial charge < -0.3 is 10.6 Å². The highest BCUT2D eigenvalue weighted by atomic mass is 32.1. The zero-order valence-electron chi connectivity index (χ0n) is 11.0. The van der Waals surface area contributed by atoms with Gasteiger partial charge in [-0.2, -0.15) is 0 Å². The number of nitrogens with zero attached hydrogens (tertiary/aromatic N) is 1. The van der Waals surface area contributed by atoms with Crippen LogP contribution in [0.1, 0.15) is 29.1 Å². The zero-order chi connectivity index (χ0) is 13.7. The van der Waals surface area contributed by atoms with E-state index in [-0.39, 0.29) is 11.9 Å². The Balaban J connectivity index is 1.92. The molecule has 0 fully saturated rings. The number of anilines is 1. The lowest BCUT2D eigenvalue weighted by molar-refractivity contribution is 0.0943. The van der Waals surface area contributed by atoms with Crippen LogP contribution < -0.4 is 10.6 Å². The van der Waals surface area contributed by atoms with Crippen molar-refractivity contribution in [2.24, 2.45) is 0 Å². The number of rotatable bonds is 5. The van der Waals surface area contributed by atoms with E-state index in [1.165, 1.54) is 4.88 Å². The number of hydrogen-bond donors (Lipinski definition) is 2. The minimum atomic E-state index is -0.0380. The monoisotopic (exact) mass is 275 g/mol. The lowest BCUT2D eigenvalue weighted by atomic mass is 10.2. The maximum atomic E-state index is 11.8. The fourth-order valence-electron chi connectivity index (χ4n) is 1.60. The third-order valence-corrected chi connectivity index (χ3v) is 3.30. The van der Waals surface area contributed by atoms with Crippen LogP contribution >= 0.6 is 11.3 Å². The maximum Gasteiger partial charge on any atom is 0.251 e. The Labute approximate surface area is 116 Å². The summed E-state index contributed by atoms with van der Waals surface area (Å²) in [7, 11) is 0. The molecule has 0 radical (unpaired) electrons. The molecule has 2 N–H and O–H groups in total. The van der Waals surface area contributed by atoms with Crippen molar-refractivity contribution in [2.75, 3.05) is 5.32 Å². The Morgan fingerprint density at radius 3 is 2.63 bits per heavy atom. The minimum Gasteiger partial charge on any atom is -0.380 e. The summed E-state index contributed by atoms with van der Waals surface area (Å²) in [5, 5.41) is 6.16. The zero-order valence-corrected chi connectivity index (χ0v) is 11.8. The van der Waals surface area contributed by atoms with Crippen molar-refractivity contribution in [3.63, 3.8) is 0 Å². The molecule has 0 bridgehead atoms. The van der Waals surface area contributed by atoms with Crippen LogP contribution in [0.2, 0.25) is 0 Å². The van der Waals surface area contributed by atoms with Crippen LogP contribution in [0.5, 0.6) is 0 Å². The average Bonchev–Trinajstić information content (AvgIpc) is 2.89. The summed E-state index contributed by atoms with van der Waals surface area (Å²) in [4.78, 5) is 17.0. The second-order valence-corrected chi connectivity index (χ2v) is 5.50. The van der Waals surface area contributed by atoms with Crippen LogP contribution in [0.15, 0.2) is 36.0 Å². The van der Waals surface area contributed by atoms with E-state index in [4.69, 9.17) is 0 Å². The smallest absolute Gasteiger partial charge is 0.251 e. The first-order valence-corrected chi connectivity index (χ1v) is 7.05. The summed E-state index contributed by atoms with van der Waals surface area (Å²) in [5.74, 6) is -0.0380. The quantitative estimate of drug-likeness (QED) is 0.882. The predicted octanol–water partition coefficient (Wildman–Crippen LogP) is 2.89. The fraction of sp³-hybridized carbons (Fsp3) is 0.286. The van der Waals surface area contributed by atoms with Crippen LogP contribution in [0.25, 0.3) is 0 Å². The van der Waals surface area contributed by atoms with Gasteiger partial charge in [0.2, 0.25) is 0 Å². The van der Waals surface area contributed by atoms with Gasteiger partial charge in [-0.05, 0) is 38.1 Å². The number of thiazole rings is 1. The van der Waals surface area contributed by atoms with Gasteiger partial charge in [-0.1, -0.05) is 0 Å². The van der Waals surface area contributed by atoms with Crippen molar-refractivity contribution < 1.29 is 4.79 Å². The molecule has 0 saturated carbocycles. The normalized spacial score (nSPS) is 10.5. The van der Waals surface area contributed by atoms with E-state index in [1.807, 2.05) is 49.8 Å². The van der Waals surface area contributed by atoms with E-state index in [0.29, 0.717) is 5.56 Å². The topological polar surface area (TPSA) is 54.0 Å². The first-order valence-electron chi connectivity index (χ1n) is 6.17. The Morgan fingerprint density at radius 2 is 2.05 bits per heavy atom. The van der Waals surface area contributed by atoms with Crippen LogP contribution in [-0.4, -0.2) is 16.9 Å². The molecule has 1 heterocycles. The second kappa shape index (κ2) is 6.33. The lowest BCUT2D eigenvalue weighted by Crippen LogP contribution is -2.29. The number of aromatic nitrogens is 1. The molecule has 2 aromatic rings. The van der Waals surface area contributed by atoms with Crippen molar-refractivity contribution in [3.05, 3.63) is 46.4 Å². The number of carbonyl (C=O) groups is 1. The highest BCUT2D eigenvalue weighted by Gasteiger charge is 2.06. The average molecular weight is 275 g/mol. The lowest BCUT2D eigenvalue weighted by Gasteiger charge is -2.09. The molecule has 0 aliphatic heterocycles. The van der Waals surface area contributed by atoms with E-state index >= 15 is 0 Å². The number of nitrogens with one attached hydrogen (secondary N) is 2. The van der Waals surface area contributed by atoms with Gasteiger partial charge in [-0.25, -0.2) is 0 Å². The molecule has 100 valence electrons. The Kier molecular flexibility index (Phi) is 4.52. The largest absolute Gasteiger partial charge is 0.380 e. The summed E-state index contributed by atoms with van der Waals surface area (Å²) in [6.45, 7) is 4.65. The maximum absolute atomic E-state index is 11.8. The van der Waals surface area contributed by atoms with Crippen molar-refractivity contribution >= 4 is 22.9 Å².